The van der Waals surface area contributed by atoms with E-state index >= 15 is 0 Å². The normalized spacial score (nSPS) is 15.9. The summed E-state index contributed by atoms with van der Waals surface area (Å²) in [5, 5.41) is 9.03. The van der Waals surface area contributed by atoms with Crippen molar-refractivity contribution in [3.05, 3.63) is 30.1 Å². The van der Waals surface area contributed by atoms with Crippen LogP contribution in [-0.4, -0.2) is 56.0 Å². The highest BCUT2D eigenvalue weighted by Gasteiger charge is 2.19. The van der Waals surface area contributed by atoms with Gasteiger partial charge >= 0.3 is 0 Å². The van der Waals surface area contributed by atoms with Crippen molar-refractivity contribution < 1.29 is 9.18 Å². The molecule has 1 aliphatic heterocycles. The van der Waals surface area contributed by atoms with Gasteiger partial charge in [-0.3, -0.25) is 9.79 Å². The van der Waals surface area contributed by atoms with Crippen molar-refractivity contribution in [2.75, 3.05) is 38.5 Å². The maximum atomic E-state index is 13.1. The molecule has 8 heteroatoms. The Bertz CT molecular complexity index is 591. The molecule has 1 amide bonds. The largest absolute Gasteiger partial charge is 0.354 e. The van der Waals surface area contributed by atoms with Crippen molar-refractivity contribution >= 4 is 41.5 Å². The number of halogens is 2. The first-order valence-corrected chi connectivity index (χ1v) is 8.85. The number of carbonyl (C=O) groups excluding carboxylic acids is 1. The zero-order valence-electron chi connectivity index (χ0n) is 15.4. The maximum absolute atomic E-state index is 13.1. The van der Waals surface area contributed by atoms with E-state index in [1.54, 1.807) is 19.2 Å². The lowest BCUT2D eigenvalue weighted by molar-refractivity contribution is -0.115. The predicted molar refractivity (Wildman–Crippen MR) is 115 cm³/mol. The van der Waals surface area contributed by atoms with Crippen LogP contribution < -0.4 is 16.0 Å². The summed E-state index contributed by atoms with van der Waals surface area (Å²) in [4.78, 5) is 18.6. The van der Waals surface area contributed by atoms with Crippen LogP contribution >= 0.6 is 24.0 Å². The molecule has 1 aliphatic rings. The van der Waals surface area contributed by atoms with E-state index in [1.807, 2.05) is 0 Å². The lowest BCUT2D eigenvalue weighted by Crippen LogP contribution is -2.49. The van der Waals surface area contributed by atoms with Gasteiger partial charge in [-0.25, -0.2) is 4.39 Å². The second kappa shape index (κ2) is 12.1. The Balaban J connectivity index is 0.00000338. The van der Waals surface area contributed by atoms with Crippen molar-refractivity contribution in [1.29, 1.82) is 0 Å². The molecule has 0 saturated carbocycles. The van der Waals surface area contributed by atoms with Gasteiger partial charge in [0.25, 0.3) is 0 Å². The van der Waals surface area contributed by atoms with E-state index in [0.717, 1.165) is 32.5 Å². The third-order valence-corrected chi connectivity index (χ3v) is 4.22. The van der Waals surface area contributed by atoms with Gasteiger partial charge in [-0.1, -0.05) is 13.0 Å². The van der Waals surface area contributed by atoms with Crippen molar-refractivity contribution in [3.8, 4) is 0 Å². The molecule has 0 aromatic heterocycles. The highest BCUT2D eigenvalue weighted by Crippen LogP contribution is 2.10. The molecule has 0 unspecified atom stereocenters. The zero-order chi connectivity index (χ0) is 18.1. The van der Waals surface area contributed by atoms with E-state index in [-0.39, 0.29) is 42.2 Å². The van der Waals surface area contributed by atoms with Crippen LogP contribution in [0.1, 0.15) is 26.2 Å². The van der Waals surface area contributed by atoms with Crippen LogP contribution in [0, 0.1) is 5.82 Å². The van der Waals surface area contributed by atoms with E-state index in [1.165, 1.54) is 18.6 Å². The number of guanidine groups is 1. The molecule has 0 aliphatic carbocycles. The number of piperidine rings is 1. The van der Waals surface area contributed by atoms with Gasteiger partial charge in [-0.15, -0.1) is 24.0 Å². The first-order valence-electron chi connectivity index (χ1n) is 8.85. The number of amides is 1. The molecule has 1 fully saturated rings. The minimum atomic E-state index is -0.377. The molecule has 2 rings (SSSR count). The molecule has 0 radical (unpaired) electrons. The van der Waals surface area contributed by atoms with Crippen LogP contribution in [0.25, 0.3) is 0 Å². The fourth-order valence-corrected chi connectivity index (χ4v) is 2.94. The van der Waals surface area contributed by atoms with E-state index in [0.29, 0.717) is 17.7 Å². The molecule has 1 aromatic carbocycles. The molecule has 1 saturated heterocycles. The van der Waals surface area contributed by atoms with Crippen molar-refractivity contribution in [2.24, 2.45) is 4.99 Å². The Morgan fingerprint density at radius 3 is 2.69 bits per heavy atom. The number of hydrogen-bond acceptors (Lipinski definition) is 3. The SMILES string of the molecule is CCCN1CCC(NC(=NC)NCC(=O)Nc2cccc(F)c2)CC1.I. The van der Waals surface area contributed by atoms with E-state index in [4.69, 9.17) is 0 Å². The third kappa shape index (κ3) is 7.86. The van der Waals surface area contributed by atoms with Gasteiger partial charge in [0.15, 0.2) is 5.96 Å². The summed E-state index contributed by atoms with van der Waals surface area (Å²) in [6.07, 6.45) is 3.31. The second-order valence-electron chi connectivity index (χ2n) is 6.24. The third-order valence-electron chi connectivity index (χ3n) is 4.22. The number of carbonyl (C=O) groups is 1. The summed E-state index contributed by atoms with van der Waals surface area (Å²) in [5.41, 5.74) is 0.443. The van der Waals surface area contributed by atoms with Gasteiger partial charge in [0.1, 0.15) is 5.82 Å². The van der Waals surface area contributed by atoms with Crippen LogP contribution in [0.3, 0.4) is 0 Å². The molecule has 1 heterocycles. The Kier molecular flexibility index (Phi) is 10.5. The van der Waals surface area contributed by atoms with E-state index in [2.05, 4.69) is 32.8 Å². The molecule has 26 heavy (non-hydrogen) atoms. The first kappa shape index (κ1) is 22.6. The summed E-state index contributed by atoms with van der Waals surface area (Å²) in [6, 6.07) is 6.20. The smallest absolute Gasteiger partial charge is 0.243 e. The van der Waals surface area contributed by atoms with Crippen molar-refractivity contribution in [3.63, 3.8) is 0 Å². The second-order valence-corrected chi connectivity index (χ2v) is 6.24. The number of nitrogens with one attached hydrogen (secondary N) is 3. The zero-order valence-corrected chi connectivity index (χ0v) is 17.8. The molecule has 0 bridgehead atoms. The predicted octanol–water partition coefficient (Wildman–Crippen LogP) is 2.42. The number of rotatable bonds is 6. The Morgan fingerprint density at radius 1 is 1.35 bits per heavy atom. The number of likely N-dealkylation sites (tertiary alicyclic amines) is 1. The van der Waals surface area contributed by atoms with Crippen LogP contribution in [-0.2, 0) is 4.79 Å². The molecule has 146 valence electrons. The molecule has 1 aromatic rings. The van der Waals surface area contributed by atoms with Crippen LogP contribution in [0.4, 0.5) is 10.1 Å². The number of aliphatic imine (C=N–C) groups is 1. The maximum Gasteiger partial charge on any atom is 0.243 e. The van der Waals surface area contributed by atoms with Gasteiger partial charge in [0.2, 0.25) is 5.91 Å². The van der Waals surface area contributed by atoms with Crippen molar-refractivity contribution in [1.82, 2.24) is 15.5 Å². The monoisotopic (exact) mass is 477 g/mol. The highest BCUT2D eigenvalue weighted by molar-refractivity contribution is 14.0. The van der Waals surface area contributed by atoms with Crippen LogP contribution in [0.5, 0.6) is 0 Å². The van der Waals surface area contributed by atoms with Gasteiger partial charge in [-0.2, -0.15) is 0 Å². The quantitative estimate of drug-likeness (QED) is 0.335. The highest BCUT2D eigenvalue weighted by atomic mass is 127. The molecule has 6 nitrogen and oxygen atoms in total. The lowest BCUT2D eigenvalue weighted by Gasteiger charge is -2.32. The molecule has 0 spiro atoms. The van der Waals surface area contributed by atoms with E-state index in [9.17, 15) is 9.18 Å². The standard InChI is InChI=1S/C18H28FN5O.HI/c1-3-9-24-10-7-15(8-11-24)23-18(20-2)21-13-17(25)22-16-6-4-5-14(19)12-16;/h4-6,12,15H,3,7-11,13H2,1-2H3,(H,22,25)(H2,20,21,23);1H. The molecule has 3 N–H and O–H groups in total. The van der Waals surface area contributed by atoms with E-state index < -0.39 is 0 Å². The minimum Gasteiger partial charge on any atom is -0.354 e. The van der Waals surface area contributed by atoms with Gasteiger partial charge in [0.05, 0.1) is 6.54 Å². The van der Waals surface area contributed by atoms with Gasteiger partial charge in [0, 0.05) is 31.9 Å². The number of nitrogens with zero attached hydrogens (tertiary/aromatic N) is 2. The Hall–Kier alpha value is -1.42. The summed E-state index contributed by atoms with van der Waals surface area (Å²) in [7, 11) is 1.69. The summed E-state index contributed by atoms with van der Waals surface area (Å²) >= 11 is 0. The molecular weight excluding hydrogens is 448 g/mol. The fraction of sp³-hybridized carbons (Fsp3) is 0.556. The average Bonchev–Trinajstić information content (AvgIpc) is 2.60. The summed E-state index contributed by atoms with van der Waals surface area (Å²) < 4.78 is 13.1. The molecule has 0 atom stereocenters. The topological polar surface area (TPSA) is 68.8 Å². The van der Waals surface area contributed by atoms with Gasteiger partial charge in [-0.05, 0) is 44.0 Å². The van der Waals surface area contributed by atoms with Gasteiger partial charge < -0.3 is 20.9 Å². The van der Waals surface area contributed by atoms with Crippen LogP contribution in [0.2, 0.25) is 0 Å². The lowest BCUT2D eigenvalue weighted by atomic mass is 10.1. The average molecular weight is 477 g/mol. The fourth-order valence-electron chi connectivity index (χ4n) is 2.94. The number of benzene rings is 1. The Labute approximate surface area is 172 Å². The first-order chi connectivity index (χ1) is 12.1. The number of anilines is 1. The van der Waals surface area contributed by atoms with Crippen molar-refractivity contribution in [2.45, 2.75) is 32.2 Å². The Morgan fingerprint density at radius 2 is 2.08 bits per heavy atom. The summed E-state index contributed by atoms with van der Waals surface area (Å²) in [5.74, 6) is -0.00713. The molecular formula is C18H29FIN5O. The number of hydrogen-bond donors (Lipinski definition) is 3. The minimum absolute atomic E-state index is 0. The van der Waals surface area contributed by atoms with Crippen LogP contribution in [0.15, 0.2) is 29.3 Å². The summed E-state index contributed by atoms with van der Waals surface area (Å²) in [6.45, 7) is 5.60.